The number of carbonyl (C=O) groups excluding carboxylic acids is 1. The Labute approximate surface area is 113 Å². The first-order valence-electron chi connectivity index (χ1n) is 5.41. The Morgan fingerprint density at radius 3 is 2.94 bits per heavy atom. The van der Waals surface area contributed by atoms with Crippen molar-refractivity contribution in [3.63, 3.8) is 0 Å². The third-order valence-corrected chi connectivity index (χ3v) is 2.88. The minimum absolute atomic E-state index is 0.342. The number of allylic oxidation sites excluding steroid dienone is 1. The maximum Gasteiger partial charge on any atom is 0.172 e. The minimum Gasteiger partial charge on any atom is -0.296 e. The van der Waals surface area contributed by atoms with E-state index in [4.69, 9.17) is 0 Å². The predicted molar refractivity (Wildman–Crippen MR) is 73.4 cm³/mol. The van der Waals surface area contributed by atoms with Crippen LogP contribution < -0.4 is 0 Å². The van der Waals surface area contributed by atoms with E-state index in [1.54, 1.807) is 4.68 Å². The quantitative estimate of drug-likeness (QED) is 0.644. The summed E-state index contributed by atoms with van der Waals surface area (Å²) in [5.41, 5.74) is 2.91. The number of benzene rings is 1. The van der Waals surface area contributed by atoms with Crippen LogP contribution in [0.1, 0.15) is 17.4 Å². The molecule has 1 aromatic heterocycles. The molecule has 0 spiro atoms. The van der Waals surface area contributed by atoms with E-state index in [2.05, 4.69) is 32.8 Å². The summed E-state index contributed by atoms with van der Waals surface area (Å²) in [6.45, 7) is 6.31. The highest BCUT2D eigenvalue weighted by molar-refractivity contribution is 9.10. The highest BCUT2D eigenvalue weighted by atomic mass is 79.9. The Balaban J connectivity index is 2.56. The van der Waals surface area contributed by atoms with Crippen LogP contribution >= 0.6 is 15.9 Å². The SMILES string of the molecule is C=C(C)Cn1nnc(C=O)c1-c1cccc(Br)c1. The maximum absolute atomic E-state index is 11.0. The highest BCUT2D eigenvalue weighted by Crippen LogP contribution is 2.24. The molecule has 0 aliphatic heterocycles. The third kappa shape index (κ3) is 2.56. The number of hydrogen-bond acceptors (Lipinski definition) is 3. The molecule has 0 radical (unpaired) electrons. The van der Waals surface area contributed by atoms with Gasteiger partial charge in [0.05, 0.1) is 12.2 Å². The molecule has 0 amide bonds. The molecule has 0 atom stereocenters. The molecule has 1 aromatic carbocycles. The van der Waals surface area contributed by atoms with Crippen LogP contribution in [0.25, 0.3) is 11.3 Å². The highest BCUT2D eigenvalue weighted by Gasteiger charge is 2.14. The van der Waals surface area contributed by atoms with E-state index in [0.29, 0.717) is 17.9 Å². The van der Waals surface area contributed by atoms with Gasteiger partial charge in [0.2, 0.25) is 0 Å². The summed E-state index contributed by atoms with van der Waals surface area (Å²) in [5.74, 6) is 0. The predicted octanol–water partition coefficient (Wildman–Crippen LogP) is 3.10. The fourth-order valence-electron chi connectivity index (χ4n) is 1.70. The summed E-state index contributed by atoms with van der Waals surface area (Å²) < 4.78 is 2.63. The largest absolute Gasteiger partial charge is 0.296 e. The molecule has 0 saturated heterocycles. The average Bonchev–Trinajstić information content (AvgIpc) is 2.71. The standard InChI is InChI=1S/C13H12BrN3O/c1-9(2)7-17-13(12(8-18)15-16-17)10-4-3-5-11(14)6-10/h3-6,8H,1,7H2,2H3. The fraction of sp³-hybridized carbons (Fsp3) is 0.154. The van der Waals surface area contributed by atoms with Crippen molar-refractivity contribution >= 4 is 22.2 Å². The summed E-state index contributed by atoms with van der Waals surface area (Å²) in [6.07, 6.45) is 0.720. The zero-order valence-corrected chi connectivity index (χ0v) is 11.5. The van der Waals surface area contributed by atoms with Crippen molar-refractivity contribution in [2.75, 3.05) is 0 Å². The molecule has 0 aliphatic rings. The first-order valence-corrected chi connectivity index (χ1v) is 6.20. The van der Waals surface area contributed by atoms with Gasteiger partial charge >= 0.3 is 0 Å². The zero-order valence-electron chi connectivity index (χ0n) is 9.93. The van der Waals surface area contributed by atoms with Gasteiger partial charge < -0.3 is 0 Å². The van der Waals surface area contributed by atoms with E-state index >= 15 is 0 Å². The van der Waals surface area contributed by atoms with Crippen molar-refractivity contribution in [3.05, 3.63) is 46.6 Å². The molecular weight excluding hydrogens is 294 g/mol. The minimum atomic E-state index is 0.342. The van der Waals surface area contributed by atoms with Gasteiger partial charge in [-0.1, -0.05) is 45.4 Å². The third-order valence-electron chi connectivity index (χ3n) is 2.39. The van der Waals surface area contributed by atoms with Gasteiger partial charge in [0, 0.05) is 10.0 Å². The molecule has 0 bridgehead atoms. The molecule has 0 N–H and O–H groups in total. The van der Waals surface area contributed by atoms with Crippen LogP contribution in [0, 0.1) is 0 Å². The Hall–Kier alpha value is -1.75. The van der Waals surface area contributed by atoms with Gasteiger partial charge in [-0.05, 0) is 19.1 Å². The lowest BCUT2D eigenvalue weighted by molar-refractivity contribution is 0.111. The van der Waals surface area contributed by atoms with Crippen molar-refractivity contribution in [2.45, 2.75) is 13.5 Å². The second-order valence-corrected chi connectivity index (χ2v) is 4.98. The zero-order chi connectivity index (χ0) is 13.1. The summed E-state index contributed by atoms with van der Waals surface area (Å²) in [4.78, 5) is 11.0. The van der Waals surface area contributed by atoms with E-state index in [0.717, 1.165) is 21.9 Å². The van der Waals surface area contributed by atoms with Crippen LogP contribution in [0.2, 0.25) is 0 Å². The molecule has 0 fully saturated rings. The van der Waals surface area contributed by atoms with E-state index in [1.165, 1.54) is 0 Å². The molecule has 18 heavy (non-hydrogen) atoms. The molecule has 2 aromatic rings. The average molecular weight is 306 g/mol. The molecule has 5 heteroatoms. The van der Waals surface area contributed by atoms with Crippen molar-refractivity contribution in [2.24, 2.45) is 0 Å². The van der Waals surface area contributed by atoms with Crippen LogP contribution in [0.4, 0.5) is 0 Å². The van der Waals surface area contributed by atoms with E-state index in [-0.39, 0.29) is 0 Å². The van der Waals surface area contributed by atoms with Gasteiger partial charge in [0.1, 0.15) is 0 Å². The smallest absolute Gasteiger partial charge is 0.172 e. The van der Waals surface area contributed by atoms with Gasteiger partial charge in [-0.15, -0.1) is 5.10 Å². The van der Waals surface area contributed by atoms with E-state index in [9.17, 15) is 4.79 Å². The van der Waals surface area contributed by atoms with Gasteiger partial charge in [0.15, 0.2) is 12.0 Å². The van der Waals surface area contributed by atoms with Crippen molar-refractivity contribution in [1.82, 2.24) is 15.0 Å². The van der Waals surface area contributed by atoms with Gasteiger partial charge in [0.25, 0.3) is 0 Å². The van der Waals surface area contributed by atoms with Crippen LogP contribution in [0.15, 0.2) is 40.9 Å². The Kier molecular flexibility index (Phi) is 3.72. The first-order chi connectivity index (χ1) is 8.61. The monoisotopic (exact) mass is 305 g/mol. The molecule has 4 nitrogen and oxygen atoms in total. The number of rotatable bonds is 4. The van der Waals surface area contributed by atoms with E-state index < -0.39 is 0 Å². The number of nitrogens with zero attached hydrogens (tertiary/aromatic N) is 3. The summed E-state index contributed by atoms with van der Waals surface area (Å²) in [5, 5.41) is 7.87. The number of halogens is 1. The Morgan fingerprint density at radius 2 is 2.33 bits per heavy atom. The van der Waals surface area contributed by atoms with Gasteiger partial charge in [-0.3, -0.25) is 4.79 Å². The molecule has 0 saturated carbocycles. The van der Waals surface area contributed by atoms with E-state index in [1.807, 2.05) is 31.2 Å². The molecule has 2 rings (SSSR count). The number of hydrogen-bond donors (Lipinski definition) is 0. The molecular formula is C13H12BrN3O. The van der Waals surface area contributed by atoms with Crippen molar-refractivity contribution in [1.29, 1.82) is 0 Å². The van der Waals surface area contributed by atoms with Crippen molar-refractivity contribution in [3.8, 4) is 11.3 Å². The topological polar surface area (TPSA) is 47.8 Å². The Morgan fingerprint density at radius 1 is 1.56 bits per heavy atom. The van der Waals surface area contributed by atoms with Gasteiger partial charge in [-0.2, -0.15) is 0 Å². The van der Waals surface area contributed by atoms with Gasteiger partial charge in [-0.25, -0.2) is 4.68 Å². The summed E-state index contributed by atoms with van der Waals surface area (Å²) in [7, 11) is 0. The summed E-state index contributed by atoms with van der Waals surface area (Å²) in [6, 6.07) is 7.69. The molecule has 1 heterocycles. The van der Waals surface area contributed by atoms with Crippen LogP contribution in [0.5, 0.6) is 0 Å². The number of aromatic nitrogens is 3. The number of aldehydes is 1. The summed E-state index contributed by atoms with van der Waals surface area (Å²) >= 11 is 3.41. The van der Waals surface area contributed by atoms with Crippen molar-refractivity contribution < 1.29 is 4.79 Å². The maximum atomic E-state index is 11.0. The second kappa shape index (κ2) is 5.27. The number of carbonyl (C=O) groups is 1. The van der Waals surface area contributed by atoms with Crippen LogP contribution in [-0.4, -0.2) is 21.3 Å². The lowest BCUT2D eigenvalue weighted by Crippen LogP contribution is -2.03. The lowest BCUT2D eigenvalue weighted by atomic mass is 10.1. The Bertz CT molecular complexity index is 604. The normalized spacial score (nSPS) is 10.3. The van der Waals surface area contributed by atoms with Crippen LogP contribution in [-0.2, 0) is 6.54 Å². The fourth-order valence-corrected chi connectivity index (χ4v) is 2.10. The molecule has 92 valence electrons. The first kappa shape index (κ1) is 12.7. The molecule has 0 unspecified atom stereocenters. The second-order valence-electron chi connectivity index (χ2n) is 4.07. The lowest BCUT2D eigenvalue weighted by Gasteiger charge is -2.07. The molecule has 0 aliphatic carbocycles. The van der Waals surface area contributed by atoms with Crippen LogP contribution in [0.3, 0.4) is 0 Å².